The van der Waals surface area contributed by atoms with E-state index in [1.54, 1.807) is 24.3 Å². The minimum absolute atomic E-state index is 0.188. The van der Waals surface area contributed by atoms with Crippen molar-refractivity contribution in [2.45, 2.75) is 47.1 Å². The maximum atomic E-state index is 12.9. The zero-order valence-electron chi connectivity index (χ0n) is 20.1. The van der Waals surface area contributed by atoms with Crippen molar-refractivity contribution in [3.05, 3.63) is 94.0 Å². The van der Waals surface area contributed by atoms with Gasteiger partial charge >= 0.3 is 0 Å². The van der Waals surface area contributed by atoms with Gasteiger partial charge < -0.3 is 5.32 Å². The number of nitrogens with zero attached hydrogens (tertiary/aromatic N) is 1. The molecule has 0 heterocycles. The lowest BCUT2D eigenvalue weighted by Crippen LogP contribution is -2.30. The van der Waals surface area contributed by atoms with Crippen molar-refractivity contribution in [2.75, 3.05) is 15.9 Å². The summed E-state index contributed by atoms with van der Waals surface area (Å²) in [5.41, 5.74) is 6.83. The van der Waals surface area contributed by atoms with E-state index in [1.165, 1.54) is 10.6 Å². The molecule has 0 aliphatic rings. The highest BCUT2D eigenvalue weighted by Gasteiger charge is 2.20. The molecule has 1 N–H and O–H groups in total. The van der Waals surface area contributed by atoms with Gasteiger partial charge in [0.1, 0.15) is 0 Å². The number of aryl methyl sites for hydroxylation is 3. The van der Waals surface area contributed by atoms with Crippen LogP contribution in [0.5, 0.6) is 0 Å². The zero-order valence-corrected chi connectivity index (χ0v) is 21.0. The van der Waals surface area contributed by atoms with Crippen LogP contribution in [0.3, 0.4) is 0 Å². The van der Waals surface area contributed by atoms with Crippen LogP contribution in [0.2, 0.25) is 0 Å². The Morgan fingerprint density at radius 1 is 0.939 bits per heavy atom. The number of hydrogen-bond acceptors (Lipinski definition) is 3. The molecule has 0 fully saturated rings. The molecule has 0 unspecified atom stereocenters. The minimum Gasteiger partial charge on any atom is -0.321 e. The zero-order chi connectivity index (χ0) is 24.3. The molecule has 3 rings (SSSR count). The summed E-state index contributed by atoms with van der Waals surface area (Å²) >= 11 is 0. The topological polar surface area (TPSA) is 66.5 Å². The molecule has 33 heavy (non-hydrogen) atoms. The van der Waals surface area contributed by atoms with Gasteiger partial charge in [-0.05, 0) is 72.7 Å². The van der Waals surface area contributed by atoms with Gasteiger partial charge in [-0.1, -0.05) is 56.3 Å². The van der Waals surface area contributed by atoms with Gasteiger partial charge in [0, 0.05) is 11.3 Å². The Hall–Kier alpha value is -3.12. The third-order valence-electron chi connectivity index (χ3n) is 5.74. The van der Waals surface area contributed by atoms with Crippen LogP contribution in [0.1, 0.15) is 57.9 Å². The van der Waals surface area contributed by atoms with Gasteiger partial charge in [0.2, 0.25) is 10.0 Å². The summed E-state index contributed by atoms with van der Waals surface area (Å²) in [5, 5.41) is 3.06. The summed E-state index contributed by atoms with van der Waals surface area (Å²) in [6.45, 7) is 10.2. The molecule has 3 aromatic carbocycles. The van der Waals surface area contributed by atoms with Gasteiger partial charge in [-0.3, -0.25) is 9.10 Å². The van der Waals surface area contributed by atoms with Gasteiger partial charge in [-0.25, -0.2) is 8.42 Å². The third-order valence-corrected chi connectivity index (χ3v) is 6.87. The number of sulfonamides is 1. The third kappa shape index (κ3) is 5.82. The first-order valence-corrected chi connectivity index (χ1v) is 12.9. The number of hydrogen-bond donors (Lipinski definition) is 1. The van der Waals surface area contributed by atoms with Crippen LogP contribution in [-0.2, 0) is 16.6 Å². The maximum Gasteiger partial charge on any atom is 0.255 e. The molecule has 0 radical (unpaired) electrons. The number of carbonyl (C=O) groups excluding carboxylic acids is 1. The van der Waals surface area contributed by atoms with Crippen LogP contribution in [0.15, 0.2) is 60.7 Å². The van der Waals surface area contributed by atoms with Crippen molar-refractivity contribution in [3.8, 4) is 0 Å². The molecule has 1 amide bonds. The summed E-state index contributed by atoms with van der Waals surface area (Å²) in [6.07, 6.45) is 1.21. The summed E-state index contributed by atoms with van der Waals surface area (Å²) in [6, 6.07) is 18.9. The van der Waals surface area contributed by atoms with E-state index in [4.69, 9.17) is 0 Å². The Balaban J connectivity index is 1.84. The van der Waals surface area contributed by atoms with Crippen molar-refractivity contribution in [3.63, 3.8) is 0 Å². The van der Waals surface area contributed by atoms with Crippen molar-refractivity contribution in [1.29, 1.82) is 0 Å². The van der Waals surface area contributed by atoms with Crippen LogP contribution in [0.25, 0.3) is 0 Å². The van der Waals surface area contributed by atoms with Gasteiger partial charge in [0.05, 0.1) is 18.5 Å². The summed E-state index contributed by atoms with van der Waals surface area (Å²) < 4.78 is 26.5. The predicted molar refractivity (Wildman–Crippen MR) is 137 cm³/mol. The van der Waals surface area contributed by atoms with Crippen molar-refractivity contribution < 1.29 is 13.2 Å². The fourth-order valence-electron chi connectivity index (χ4n) is 3.82. The van der Waals surface area contributed by atoms with E-state index in [0.717, 1.165) is 33.5 Å². The van der Waals surface area contributed by atoms with Crippen molar-refractivity contribution in [1.82, 2.24) is 0 Å². The number of benzene rings is 3. The highest BCUT2D eigenvalue weighted by Crippen LogP contribution is 2.28. The lowest BCUT2D eigenvalue weighted by Gasteiger charge is -2.25. The monoisotopic (exact) mass is 464 g/mol. The standard InChI is InChI=1S/C27H32N2O3S/c1-18(2)24-9-7-8-21(5)26(24)28-27(30)23-14-12-22(13-15-23)17-29(33(6,31)32)25-16-19(3)10-11-20(25)4/h7-16,18H,17H2,1-6H3,(H,28,30). The van der Waals surface area contributed by atoms with Gasteiger partial charge in [0.25, 0.3) is 5.91 Å². The van der Waals surface area contributed by atoms with E-state index < -0.39 is 10.0 Å². The quantitative estimate of drug-likeness (QED) is 0.470. The molecule has 0 aliphatic carbocycles. The Bertz CT molecular complexity index is 1260. The Labute approximate surface area is 197 Å². The second kappa shape index (κ2) is 9.79. The number of rotatable bonds is 7. The molecule has 0 spiro atoms. The van der Waals surface area contributed by atoms with Gasteiger partial charge in [-0.15, -0.1) is 0 Å². The number of amides is 1. The van der Waals surface area contributed by atoms with Crippen LogP contribution >= 0.6 is 0 Å². The molecule has 0 aromatic heterocycles. The normalized spacial score (nSPS) is 11.5. The molecular formula is C27H32N2O3S. The SMILES string of the molecule is Cc1ccc(C)c(N(Cc2ccc(C(=O)Nc3c(C)cccc3C(C)C)cc2)S(C)(=O)=O)c1. The smallest absolute Gasteiger partial charge is 0.255 e. The highest BCUT2D eigenvalue weighted by atomic mass is 32.2. The maximum absolute atomic E-state index is 12.9. The lowest BCUT2D eigenvalue weighted by molar-refractivity contribution is 0.102. The average molecular weight is 465 g/mol. The fourth-order valence-corrected chi connectivity index (χ4v) is 4.76. The van der Waals surface area contributed by atoms with Crippen LogP contribution in [-0.4, -0.2) is 20.6 Å². The Morgan fingerprint density at radius 2 is 1.61 bits per heavy atom. The molecular weight excluding hydrogens is 432 g/mol. The summed E-state index contributed by atoms with van der Waals surface area (Å²) in [5.74, 6) is 0.0990. The molecule has 0 saturated heterocycles. The molecule has 0 saturated carbocycles. The Morgan fingerprint density at radius 3 is 2.21 bits per heavy atom. The highest BCUT2D eigenvalue weighted by molar-refractivity contribution is 7.92. The van der Waals surface area contributed by atoms with E-state index >= 15 is 0 Å². The number of anilines is 2. The van der Waals surface area contributed by atoms with E-state index in [1.807, 2.05) is 57.2 Å². The molecule has 5 nitrogen and oxygen atoms in total. The first kappa shape index (κ1) is 24.5. The van der Waals surface area contributed by atoms with E-state index in [2.05, 4.69) is 19.2 Å². The molecule has 0 aliphatic heterocycles. The first-order valence-electron chi connectivity index (χ1n) is 11.0. The van der Waals surface area contributed by atoms with Crippen LogP contribution < -0.4 is 9.62 Å². The van der Waals surface area contributed by atoms with E-state index in [9.17, 15) is 13.2 Å². The predicted octanol–water partition coefficient (Wildman–Crippen LogP) is 5.95. The van der Waals surface area contributed by atoms with Crippen molar-refractivity contribution in [2.24, 2.45) is 0 Å². The number of para-hydroxylation sites is 1. The van der Waals surface area contributed by atoms with Gasteiger partial charge in [0.15, 0.2) is 0 Å². The molecule has 0 bridgehead atoms. The van der Waals surface area contributed by atoms with E-state index in [0.29, 0.717) is 11.3 Å². The molecule has 174 valence electrons. The Kier molecular flexibility index (Phi) is 7.28. The minimum atomic E-state index is -3.49. The summed E-state index contributed by atoms with van der Waals surface area (Å²) in [4.78, 5) is 12.9. The molecule has 3 aromatic rings. The second-order valence-electron chi connectivity index (χ2n) is 8.90. The first-order chi connectivity index (χ1) is 15.5. The van der Waals surface area contributed by atoms with Crippen LogP contribution in [0, 0.1) is 20.8 Å². The molecule has 6 heteroatoms. The van der Waals surface area contributed by atoms with Crippen molar-refractivity contribution >= 4 is 27.3 Å². The fraction of sp³-hybridized carbons (Fsp3) is 0.296. The van der Waals surface area contributed by atoms with Gasteiger partial charge in [-0.2, -0.15) is 0 Å². The largest absolute Gasteiger partial charge is 0.321 e. The average Bonchev–Trinajstić information content (AvgIpc) is 2.74. The molecule has 0 atom stereocenters. The lowest BCUT2D eigenvalue weighted by atomic mass is 9.98. The van der Waals surface area contributed by atoms with Crippen LogP contribution in [0.4, 0.5) is 11.4 Å². The summed E-state index contributed by atoms with van der Waals surface area (Å²) in [7, 11) is -3.49. The number of carbonyl (C=O) groups is 1. The second-order valence-corrected chi connectivity index (χ2v) is 10.8. The van der Waals surface area contributed by atoms with E-state index in [-0.39, 0.29) is 18.4 Å². The number of nitrogens with one attached hydrogen (secondary N) is 1.